The van der Waals surface area contributed by atoms with Crippen molar-refractivity contribution in [2.24, 2.45) is 15.9 Å². The molecule has 1 aliphatic heterocycles. The predicted octanol–water partition coefficient (Wildman–Crippen LogP) is 0.935. The van der Waals surface area contributed by atoms with Crippen LogP contribution < -0.4 is 0 Å². The Morgan fingerprint density at radius 2 is 2.00 bits per heavy atom. The van der Waals surface area contributed by atoms with E-state index in [0.717, 1.165) is 6.17 Å². The zero-order valence-corrected chi connectivity index (χ0v) is 8.74. The van der Waals surface area contributed by atoms with Crippen molar-refractivity contribution in [3.8, 4) is 0 Å². The van der Waals surface area contributed by atoms with Crippen LogP contribution in [-0.2, 0) is 10.1 Å². The maximum Gasteiger partial charge on any atom is 0.264 e. The number of hydrogen-bond donors (Lipinski definition) is 1. The molecule has 1 atom stereocenters. The van der Waals surface area contributed by atoms with E-state index in [-0.39, 0.29) is 11.7 Å². The quantitative estimate of drug-likeness (QED) is 0.549. The number of rotatable bonds is 5. The summed E-state index contributed by atoms with van der Waals surface area (Å²) in [6, 6.07) is 0. The van der Waals surface area contributed by atoms with Crippen molar-refractivity contribution in [2.75, 3.05) is 5.75 Å². The average Bonchev–Trinajstić information content (AvgIpc) is 2.53. The lowest BCUT2D eigenvalue weighted by Gasteiger charge is -2.06. The van der Waals surface area contributed by atoms with Crippen molar-refractivity contribution in [1.82, 2.24) is 0 Å². The molecule has 1 heterocycles. The first-order valence-electron chi connectivity index (χ1n) is 4.38. The fraction of sp³-hybridized carbons (Fsp3) is 0.625. The topological polar surface area (TPSA) is 79.1 Å². The lowest BCUT2D eigenvalue weighted by atomic mass is 10.0. The largest absolute Gasteiger partial charge is 0.286 e. The molecule has 0 aromatic heterocycles. The summed E-state index contributed by atoms with van der Waals surface area (Å²) in [6.07, 6.45) is 5.02. The van der Waals surface area contributed by atoms with E-state index in [2.05, 4.69) is 9.98 Å². The van der Waals surface area contributed by atoms with Crippen LogP contribution in [0.3, 0.4) is 0 Å². The maximum atomic E-state index is 10.4. The third-order valence-electron chi connectivity index (χ3n) is 1.96. The molecule has 78 valence electrons. The first kappa shape index (κ1) is 11.2. The van der Waals surface area contributed by atoms with Gasteiger partial charge in [0.15, 0.2) is 12.4 Å². The van der Waals surface area contributed by atoms with Gasteiger partial charge in [0.2, 0.25) is 6.17 Å². The molecule has 5 nitrogen and oxygen atoms in total. The second-order valence-electron chi connectivity index (χ2n) is 3.24. The summed E-state index contributed by atoms with van der Waals surface area (Å²) in [5, 5.41) is 0. The van der Waals surface area contributed by atoms with Crippen LogP contribution in [-0.4, -0.2) is 31.2 Å². The molecular formula is C8H13N2O3S+. The van der Waals surface area contributed by atoms with Gasteiger partial charge in [-0.2, -0.15) is 8.42 Å². The first-order valence-corrected chi connectivity index (χ1v) is 5.98. The van der Waals surface area contributed by atoms with Gasteiger partial charge in [-0.3, -0.25) is 4.55 Å². The highest BCUT2D eigenvalue weighted by atomic mass is 32.2. The molecule has 1 aliphatic rings. The molecule has 0 spiro atoms. The molecular weight excluding hydrogens is 204 g/mol. The number of nitrogens with zero attached hydrogens (tertiary/aromatic N) is 2. The average molecular weight is 217 g/mol. The van der Waals surface area contributed by atoms with Gasteiger partial charge in [-0.25, -0.2) is 0 Å². The van der Waals surface area contributed by atoms with Crippen molar-refractivity contribution in [1.29, 1.82) is 0 Å². The summed E-state index contributed by atoms with van der Waals surface area (Å²) in [5.41, 5.74) is 0. The Morgan fingerprint density at radius 3 is 2.50 bits per heavy atom. The third kappa shape index (κ3) is 3.89. The standard InChI is InChI=1S/C8H12N2O3S/c1-7(8-9-4-5-10-8)3-2-6-14(11,12)13/h4-5,7H,2-3,6H2,1H3/p+1. The van der Waals surface area contributed by atoms with Crippen molar-refractivity contribution in [3.63, 3.8) is 0 Å². The molecule has 1 unspecified atom stereocenters. The van der Waals surface area contributed by atoms with Gasteiger partial charge in [-0.1, -0.05) is 9.98 Å². The second kappa shape index (κ2) is 4.56. The lowest BCUT2D eigenvalue weighted by Crippen LogP contribution is -2.08. The molecule has 0 radical (unpaired) electrons. The Labute approximate surface area is 83.7 Å². The number of hydrogen-bond acceptors (Lipinski definition) is 4. The number of aliphatic imine (C=N–C) groups is 2. The van der Waals surface area contributed by atoms with Crippen LogP contribution in [0.4, 0.5) is 0 Å². The van der Waals surface area contributed by atoms with E-state index in [1.54, 1.807) is 12.4 Å². The van der Waals surface area contributed by atoms with Gasteiger partial charge >= 0.3 is 0 Å². The molecule has 0 amide bonds. The highest BCUT2D eigenvalue weighted by Crippen LogP contribution is 2.23. The van der Waals surface area contributed by atoms with E-state index < -0.39 is 10.1 Å². The SMILES string of the molecule is CC(CCCS(=O)(=O)O)[C+]1N=CC=N1. The fourth-order valence-electron chi connectivity index (χ4n) is 1.21. The van der Waals surface area contributed by atoms with Gasteiger partial charge in [0, 0.05) is 0 Å². The summed E-state index contributed by atoms with van der Waals surface area (Å²) in [4.78, 5) is 8.02. The highest BCUT2D eigenvalue weighted by molar-refractivity contribution is 7.85. The second-order valence-corrected chi connectivity index (χ2v) is 4.82. The van der Waals surface area contributed by atoms with Gasteiger partial charge in [0.05, 0.1) is 11.7 Å². The third-order valence-corrected chi connectivity index (χ3v) is 2.77. The van der Waals surface area contributed by atoms with Crippen LogP contribution in [0.15, 0.2) is 9.98 Å². The lowest BCUT2D eigenvalue weighted by molar-refractivity contribution is 0.471. The van der Waals surface area contributed by atoms with Crippen LogP contribution in [0, 0.1) is 12.1 Å². The molecule has 0 bridgehead atoms. The summed E-state index contributed by atoms with van der Waals surface area (Å²) in [6.45, 7) is 1.93. The Morgan fingerprint density at radius 1 is 1.43 bits per heavy atom. The molecule has 1 N–H and O–H groups in total. The van der Waals surface area contributed by atoms with Gasteiger partial charge in [0.1, 0.15) is 0 Å². The smallest absolute Gasteiger partial charge is 0.264 e. The van der Waals surface area contributed by atoms with Crippen LogP contribution >= 0.6 is 0 Å². The highest BCUT2D eigenvalue weighted by Gasteiger charge is 2.24. The van der Waals surface area contributed by atoms with Gasteiger partial charge in [-0.15, -0.1) is 0 Å². The fourth-order valence-corrected chi connectivity index (χ4v) is 1.74. The van der Waals surface area contributed by atoms with Crippen molar-refractivity contribution in [3.05, 3.63) is 6.17 Å². The summed E-state index contributed by atoms with van der Waals surface area (Å²) in [5.74, 6) is -0.0651. The molecule has 1 rings (SSSR count). The Kier molecular flexibility index (Phi) is 3.65. The van der Waals surface area contributed by atoms with E-state index in [0.29, 0.717) is 12.8 Å². The molecule has 14 heavy (non-hydrogen) atoms. The van der Waals surface area contributed by atoms with E-state index in [1.165, 1.54) is 0 Å². The summed E-state index contributed by atoms with van der Waals surface area (Å²) in [7, 11) is -3.83. The Hall–Kier alpha value is -0.880. The molecule has 0 fully saturated rings. The zero-order valence-electron chi connectivity index (χ0n) is 7.92. The summed E-state index contributed by atoms with van der Waals surface area (Å²) < 4.78 is 29.3. The minimum atomic E-state index is -3.83. The zero-order chi connectivity index (χ0) is 10.6. The molecule has 6 heteroatoms. The Balaban J connectivity index is 2.25. The minimum absolute atomic E-state index is 0.131. The molecule has 0 aromatic carbocycles. The van der Waals surface area contributed by atoms with Gasteiger partial charge in [0.25, 0.3) is 10.1 Å². The van der Waals surface area contributed by atoms with Gasteiger partial charge in [-0.05, 0) is 19.8 Å². The van der Waals surface area contributed by atoms with Crippen LogP contribution in [0.25, 0.3) is 0 Å². The maximum absolute atomic E-state index is 10.4. The minimum Gasteiger partial charge on any atom is -0.286 e. The van der Waals surface area contributed by atoms with E-state index in [1.807, 2.05) is 6.92 Å². The van der Waals surface area contributed by atoms with Gasteiger partial charge < -0.3 is 0 Å². The molecule has 0 aliphatic carbocycles. The van der Waals surface area contributed by atoms with Crippen molar-refractivity contribution < 1.29 is 13.0 Å². The molecule has 0 saturated heterocycles. The Bertz CT molecular complexity index is 322. The van der Waals surface area contributed by atoms with E-state index in [4.69, 9.17) is 4.55 Å². The molecule has 0 saturated carbocycles. The molecule has 0 aromatic rings. The van der Waals surface area contributed by atoms with Crippen LogP contribution in [0.2, 0.25) is 0 Å². The first-order chi connectivity index (χ1) is 6.49. The van der Waals surface area contributed by atoms with Crippen LogP contribution in [0.5, 0.6) is 0 Å². The summed E-state index contributed by atoms with van der Waals surface area (Å²) >= 11 is 0. The monoisotopic (exact) mass is 217 g/mol. The van der Waals surface area contributed by atoms with Crippen molar-refractivity contribution >= 4 is 22.5 Å². The van der Waals surface area contributed by atoms with E-state index >= 15 is 0 Å². The van der Waals surface area contributed by atoms with Crippen molar-refractivity contribution in [2.45, 2.75) is 19.8 Å². The van der Waals surface area contributed by atoms with E-state index in [9.17, 15) is 8.42 Å². The normalized spacial score (nSPS) is 17.7. The van der Waals surface area contributed by atoms with Crippen LogP contribution in [0.1, 0.15) is 19.8 Å². The predicted molar refractivity (Wildman–Crippen MR) is 55.0 cm³/mol.